The molecular weight excluding hydrogens is 376 g/mol. The second-order valence-corrected chi connectivity index (χ2v) is 6.65. The Labute approximate surface area is 172 Å². The van der Waals surface area contributed by atoms with Gasteiger partial charge in [-0.15, -0.1) is 0 Å². The number of aromatic nitrogens is 4. The van der Waals surface area contributed by atoms with Crippen LogP contribution in [0, 0.1) is 23.2 Å². The van der Waals surface area contributed by atoms with E-state index in [9.17, 15) is 10.1 Å². The monoisotopic (exact) mass is 392 g/mol. The number of imidazole rings is 1. The van der Waals surface area contributed by atoms with Gasteiger partial charge >= 0.3 is 0 Å². The molecule has 7 heteroatoms. The Morgan fingerprint density at radius 2 is 1.87 bits per heavy atom. The number of pyridine rings is 1. The maximum atomic E-state index is 11.3. The van der Waals surface area contributed by atoms with Gasteiger partial charge in [-0.05, 0) is 41.3 Å². The van der Waals surface area contributed by atoms with Crippen LogP contribution in [0.5, 0.6) is 0 Å². The number of fused-ring (bicyclic) bond motifs is 1. The van der Waals surface area contributed by atoms with Crippen molar-refractivity contribution in [2.24, 2.45) is 12.8 Å². The molecule has 0 fully saturated rings. The maximum absolute atomic E-state index is 11.3. The molecule has 0 spiro atoms. The number of rotatable bonds is 3. The highest BCUT2D eigenvalue weighted by atomic mass is 16.1. The van der Waals surface area contributed by atoms with Crippen molar-refractivity contribution in [3.8, 4) is 29.0 Å². The summed E-state index contributed by atoms with van der Waals surface area (Å²) in [6, 6.07) is 13.0. The molecule has 0 bridgehead atoms. The number of nitrogens with zero attached hydrogens (tertiary/aromatic N) is 5. The summed E-state index contributed by atoms with van der Waals surface area (Å²) in [6.07, 6.45) is 5.20. The molecule has 0 saturated carbocycles. The van der Waals surface area contributed by atoms with Gasteiger partial charge in [0.05, 0.1) is 18.1 Å². The molecule has 0 aliphatic rings. The molecule has 0 saturated heterocycles. The first kappa shape index (κ1) is 18.7. The van der Waals surface area contributed by atoms with E-state index >= 15 is 0 Å². The molecule has 0 unspecified atom stereocenters. The number of primary amides is 1. The van der Waals surface area contributed by atoms with Crippen LogP contribution in [-0.2, 0) is 11.8 Å². The fraction of sp³-hybridized carbons (Fsp3) is 0.0435. The van der Waals surface area contributed by atoms with E-state index in [1.165, 1.54) is 6.20 Å². The average Bonchev–Trinajstić information content (AvgIpc) is 3.37. The summed E-state index contributed by atoms with van der Waals surface area (Å²) in [7, 11) is 1.85. The zero-order valence-electron chi connectivity index (χ0n) is 16.1. The first-order valence-corrected chi connectivity index (χ1v) is 8.98. The summed E-state index contributed by atoms with van der Waals surface area (Å²) in [4.78, 5) is 15.6. The summed E-state index contributed by atoms with van der Waals surface area (Å²) in [5.74, 6) is 5.67. The molecule has 4 rings (SSSR count). The van der Waals surface area contributed by atoms with Crippen LogP contribution in [0.15, 0.2) is 61.6 Å². The molecule has 0 radical (unpaired) electrons. The molecule has 144 valence electrons. The van der Waals surface area contributed by atoms with Gasteiger partial charge < -0.3 is 5.73 Å². The summed E-state index contributed by atoms with van der Waals surface area (Å²) in [6.45, 7) is 3.68. The van der Waals surface area contributed by atoms with Crippen molar-refractivity contribution >= 4 is 17.1 Å². The highest BCUT2D eigenvalue weighted by Crippen LogP contribution is 2.23. The van der Waals surface area contributed by atoms with Gasteiger partial charge in [-0.2, -0.15) is 10.4 Å². The third kappa shape index (κ3) is 3.44. The van der Waals surface area contributed by atoms with Crippen LogP contribution in [0.1, 0.15) is 22.5 Å². The SMILES string of the molecule is C=C(C(N)=O)c1ccc(C#Cc2cc(-c3cnn(C)c3)cc3ncc(C#N)n23)cc1. The highest BCUT2D eigenvalue weighted by molar-refractivity contribution is 6.17. The Hall–Kier alpha value is -4.62. The normalized spacial score (nSPS) is 10.3. The molecule has 0 aliphatic carbocycles. The Morgan fingerprint density at radius 1 is 1.10 bits per heavy atom. The van der Waals surface area contributed by atoms with Crippen molar-refractivity contribution in [1.82, 2.24) is 19.2 Å². The first-order chi connectivity index (χ1) is 14.5. The summed E-state index contributed by atoms with van der Waals surface area (Å²) in [5, 5.41) is 13.6. The van der Waals surface area contributed by atoms with Gasteiger partial charge in [0.1, 0.15) is 17.4 Å². The van der Waals surface area contributed by atoms with Crippen LogP contribution in [-0.4, -0.2) is 25.1 Å². The summed E-state index contributed by atoms with van der Waals surface area (Å²) < 4.78 is 3.44. The van der Waals surface area contributed by atoms with Crippen molar-refractivity contribution in [2.45, 2.75) is 0 Å². The third-order valence-corrected chi connectivity index (χ3v) is 4.63. The Kier molecular flexibility index (Phi) is 4.63. The predicted molar refractivity (Wildman–Crippen MR) is 113 cm³/mol. The molecule has 0 aliphatic heterocycles. The van der Waals surface area contributed by atoms with Gasteiger partial charge in [-0.25, -0.2) is 4.98 Å². The number of aryl methyl sites for hydroxylation is 1. The molecule has 3 aromatic heterocycles. The van der Waals surface area contributed by atoms with E-state index in [2.05, 4.69) is 34.6 Å². The molecule has 30 heavy (non-hydrogen) atoms. The lowest BCUT2D eigenvalue weighted by molar-refractivity contribution is -0.112. The van der Waals surface area contributed by atoms with Gasteiger partial charge in [0.25, 0.3) is 0 Å². The standard InChI is InChI=1S/C23H16N6O/c1-15(23(25)30)17-6-3-16(4-7-17)5-8-20-9-18(19-12-27-28(2)14-19)10-22-26-13-21(11-24)29(20)22/h3-4,6-7,9-10,12-14H,1H2,2H3,(H2,25,30). The van der Waals surface area contributed by atoms with Crippen molar-refractivity contribution in [1.29, 1.82) is 5.26 Å². The molecule has 0 atom stereocenters. The van der Waals surface area contributed by atoms with Crippen LogP contribution < -0.4 is 5.73 Å². The molecular formula is C23H16N6O. The third-order valence-electron chi connectivity index (χ3n) is 4.63. The Morgan fingerprint density at radius 3 is 2.50 bits per heavy atom. The minimum atomic E-state index is -0.562. The van der Waals surface area contributed by atoms with Gasteiger partial charge in [-0.3, -0.25) is 13.9 Å². The van der Waals surface area contributed by atoms with E-state index < -0.39 is 5.91 Å². The first-order valence-electron chi connectivity index (χ1n) is 8.98. The minimum absolute atomic E-state index is 0.248. The zero-order valence-corrected chi connectivity index (χ0v) is 16.1. The van der Waals surface area contributed by atoms with Gasteiger partial charge in [0.2, 0.25) is 5.91 Å². The Balaban J connectivity index is 1.79. The molecule has 4 aromatic rings. The number of hydrogen-bond acceptors (Lipinski definition) is 4. The van der Waals surface area contributed by atoms with Crippen LogP contribution in [0.4, 0.5) is 0 Å². The summed E-state index contributed by atoms with van der Waals surface area (Å²) >= 11 is 0. The smallest absolute Gasteiger partial charge is 0.248 e. The summed E-state index contributed by atoms with van der Waals surface area (Å²) in [5.41, 5.74) is 10.4. The molecule has 1 amide bonds. The molecule has 7 nitrogen and oxygen atoms in total. The number of benzene rings is 1. The molecule has 3 heterocycles. The molecule has 2 N–H and O–H groups in total. The second kappa shape index (κ2) is 7.42. The van der Waals surface area contributed by atoms with Crippen LogP contribution in [0.25, 0.3) is 22.3 Å². The predicted octanol–water partition coefficient (Wildman–Crippen LogP) is 2.50. The van der Waals surface area contributed by atoms with Crippen molar-refractivity contribution < 1.29 is 4.79 Å². The van der Waals surface area contributed by atoms with E-state index in [-0.39, 0.29) is 5.57 Å². The van der Waals surface area contributed by atoms with E-state index in [0.29, 0.717) is 22.6 Å². The number of nitrogens with two attached hydrogens (primary N) is 1. The van der Waals surface area contributed by atoms with E-state index in [4.69, 9.17) is 5.73 Å². The topological polar surface area (TPSA) is 102 Å². The quantitative estimate of drug-likeness (QED) is 0.427. The van der Waals surface area contributed by atoms with E-state index in [1.54, 1.807) is 39.5 Å². The van der Waals surface area contributed by atoms with Gasteiger partial charge in [0, 0.05) is 29.9 Å². The lowest BCUT2D eigenvalue weighted by atomic mass is 10.1. The van der Waals surface area contributed by atoms with Crippen LogP contribution in [0.3, 0.4) is 0 Å². The fourth-order valence-electron chi connectivity index (χ4n) is 3.05. The lowest BCUT2D eigenvalue weighted by Crippen LogP contribution is -2.11. The van der Waals surface area contributed by atoms with Gasteiger partial charge in [0.15, 0.2) is 0 Å². The van der Waals surface area contributed by atoms with E-state index in [1.807, 2.05) is 25.4 Å². The van der Waals surface area contributed by atoms with Crippen molar-refractivity contribution in [2.75, 3.05) is 0 Å². The fourth-order valence-corrected chi connectivity index (χ4v) is 3.05. The van der Waals surface area contributed by atoms with E-state index in [0.717, 1.165) is 16.7 Å². The van der Waals surface area contributed by atoms with Gasteiger partial charge in [-0.1, -0.05) is 24.6 Å². The molecule has 1 aromatic carbocycles. The Bertz CT molecular complexity index is 1400. The van der Waals surface area contributed by atoms with Crippen molar-refractivity contribution in [3.63, 3.8) is 0 Å². The number of amides is 1. The van der Waals surface area contributed by atoms with Crippen LogP contribution >= 0.6 is 0 Å². The number of carbonyl (C=O) groups is 1. The second-order valence-electron chi connectivity index (χ2n) is 6.65. The van der Waals surface area contributed by atoms with Crippen LogP contribution in [0.2, 0.25) is 0 Å². The number of hydrogen-bond donors (Lipinski definition) is 1. The minimum Gasteiger partial charge on any atom is -0.366 e. The largest absolute Gasteiger partial charge is 0.366 e. The lowest BCUT2D eigenvalue weighted by Gasteiger charge is -2.04. The number of carbonyl (C=O) groups excluding carboxylic acids is 1. The highest BCUT2D eigenvalue weighted by Gasteiger charge is 2.11. The maximum Gasteiger partial charge on any atom is 0.248 e. The van der Waals surface area contributed by atoms with Crippen molar-refractivity contribution in [3.05, 3.63) is 84.1 Å². The zero-order chi connectivity index (χ0) is 21.3. The number of nitriles is 1. The average molecular weight is 392 g/mol.